The number of halogens is 4. The minimum Gasteiger partial charge on any atom is -0.491 e. The minimum absolute atomic E-state index is 0.0930. The summed E-state index contributed by atoms with van der Waals surface area (Å²) in [5, 5.41) is 0. The molecule has 0 atom stereocenters. The van der Waals surface area contributed by atoms with Gasteiger partial charge in [0.15, 0.2) is 11.6 Å². The molecular weight excluding hydrogens is 368 g/mol. The van der Waals surface area contributed by atoms with Crippen LogP contribution in [0.2, 0.25) is 0 Å². The number of benzene rings is 3. The molecule has 3 rings (SSSR count). The van der Waals surface area contributed by atoms with E-state index in [1.54, 1.807) is 19.9 Å². The molecule has 3 aromatic carbocycles. The Morgan fingerprint density at radius 1 is 0.750 bits per heavy atom. The van der Waals surface area contributed by atoms with Gasteiger partial charge in [0.05, 0.1) is 6.61 Å². The van der Waals surface area contributed by atoms with Gasteiger partial charge in [-0.25, -0.2) is 17.6 Å². The average Bonchev–Trinajstić information content (AvgIpc) is 2.66. The van der Waals surface area contributed by atoms with Crippen molar-refractivity contribution in [1.29, 1.82) is 0 Å². The topological polar surface area (TPSA) is 9.23 Å². The van der Waals surface area contributed by atoms with Crippen LogP contribution >= 0.6 is 0 Å². The summed E-state index contributed by atoms with van der Waals surface area (Å²) in [6.45, 7) is 3.71. The number of allylic oxidation sites excluding steroid dienone is 1. The molecule has 0 saturated carbocycles. The minimum atomic E-state index is -0.730. The van der Waals surface area contributed by atoms with Gasteiger partial charge in [-0.2, -0.15) is 0 Å². The summed E-state index contributed by atoms with van der Waals surface area (Å²) >= 11 is 0. The molecule has 144 valence electrons. The highest BCUT2D eigenvalue weighted by Gasteiger charge is 2.13. The molecule has 3 aromatic rings. The maximum atomic E-state index is 14.7. The van der Waals surface area contributed by atoms with Crippen molar-refractivity contribution in [1.82, 2.24) is 0 Å². The standard InChI is InChI=1S/C23H18F4O/c1-3-5-18-20(25)12-16(13-21(18)26)14-6-8-17(19(24)10-14)15-7-9-23(28-4-2)22(27)11-15/h3,5-13H,4H2,1-2H3/b5-3+. The van der Waals surface area contributed by atoms with E-state index in [4.69, 9.17) is 4.74 Å². The molecule has 0 fully saturated rings. The van der Waals surface area contributed by atoms with Crippen molar-refractivity contribution in [2.75, 3.05) is 6.61 Å². The lowest BCUT2D eigenvalue weighted by Gasteiger charge is -2.10. The summed E-state index contributed by atoms with van der Waals surface area (Å²) in [6.07, 6.45) is 2.87. The Labute approximate surface area is 160 Å². The van der Waals surface area contributed by atoms with Crippen LogP contribution < -0.4 is 4.74 Å². The van der Waals surface area contributed by atoms with E-state index < -0.39 is 23.3 Å². The van der Waals surface area contributed by atoms with E-state index in [-0.39, 0.29) is 22.4 Å². The van der Waals surface area contributed by atoms with E-state index in [1.807, 2.05) is 0 Å². The van der Waals surface area contributed by atoms with Gasteiger partial charge >= 0.3 is 0 Å². The van der Waals surface area contributed by atoms with Crippen molar-refractivity contribution < 1.29 is 22.3 Å². The second-order valence-electron chi connectivity index (χ2n) is 6.13. The number of hydrogen-bond donors (Lipinski definition) is 0. The quantitative estimate of drug-likeness (QED) is 0.429. The smallest absolute Gasteiger partial charge is 0.165 e. The molecule has 0 amide bonds. The molecule has 0 saturated heterocycles. The first kappa shape index (κ1) is 19.7. The fourth-order valence-electron chi connectivity index (χ4n) is 2.95. The molecule has 0 aliphatic rings. The highest BCUT2D eigenvalue weighted by atomic mass is 19.1. The number of ether oxygens (including phenoxy) is 1. The highest BCUT2D eigenvalue weighted by Crippen LogP contribution is 2.32. The average molecular weight is 386 g/mol. The Morgan fingerprint density at radius 2 is 1.36 bits per heavy atom. The highest BCUT2D eigenvalue weighted by molar-refractivity contribution is 5.72. The van der Waals surface area contributed by atoms with E-state index >= 15 is 0 Å². The van der Waals surface area contributed by atoms with Crippen molar-refractivity contribution in [2.24, 2.45) is 0 Å². The normalized spacial score (nSPS) is 11.2. The molecule has 0 aliphatic heterocycles. The molecule has 0 N–H and O–H groups in total. The van der Waals surface area contributed by atoms with E-state index in [1.165, 1.54) is 42.5 Å². The monoisotopic (exact) mass is 386 g/mol. The van der Waals surface area contributed by atoms with Gasteiger partial charge in [-0.1, -0.05) is 30.4 Å². The summed E-state index contributed by atoms with van der Waals surface area (Å²) < 4.78 is 62.1. The van der Waals surface area contributed by atoms with Crippen molar-refractivity contribution in [3.8, 4) is 28.0 Å². The molecule has 0 aromatic heterocycles. The molecule has 0 unspecified atom stereocenters. The third-order valence-corrected chi connectivity index (χ3v) is 4.26. The first-order valence-electron chi connectivity index (χ1n) is 8.79. The molecular formula is C23H18F4O. The molecule has 0 radical (unpaired) electrons. The van der Waals surface area contributed by atoms with Crippen LogP contribution in [0.15, 0.2) is 54.6 Å². The number of rotatable bonds is 5. The fourth-order valence-corrected chi connectivity index (χ4v) is 2.95. The molecule has 0 bridgehead atoms. The molecule has 0 aliphatic carbocycles. The van der Waals surface area contributed by atoms with Crippen LogP contribution in [-0.2, 0) is 0 Å². The van der Waals surface area contributed by atoms with Gasteiger partial charge in [-0.15, -0.1) is 0 Å². The Bertz CT molecular complexity index is 1020. The van der Waals surface area contributed by atoms with Gasteiger partial charge in [0.2, 0.25) is 0 Å². The van der Waals surface area contributed by atoms with Crippen molar-refractivity contribution in [3.05, 3.63) is 83.4 Å². The lowest BCUT2D eigenvalue weighted by atomic mass is 9.98. The maximum Gasteiger partial charge on any atom is 0.165 e. The lowest BCUT2D eigenvalue weighted by Crippen LogP contribution is -1.95. The van der Waals surface area contributed by atoms with Gasteiger partial charge < -0.3 is 4.74 Å². The Hall–Kier alpha value is -3.08. The third-order valence-electron chi connectivity index (χ3n) is 4.26. The van der Waals surface area contributed by atoms with Crippen LogP contribution in [0.5, 0.6) is 5.75 Å². The van der Waals surface area contributed by atoms with Crippen molar-refractivity contribution in [2.45, 2.75) is 13.8 Å². The van der Waals surface area contributed by atoms with Crippen LogP contribution in [0.3, 0.4) is 0 Å². The lowest BCUT2D eigenvalue weighted by molar-refractivity contribution is 0.321. The van der Waals surface area contributed by atoms with Gasteiger partial charge in [-0.05, 0) is 60.9 Å². The SMILES string of the molecule is C/C=C/c1c(F)cc(-c2ccc(-c3ccc(OCC)c(F)c3)c(F)c2)cc1F. The summed E-state index contributed by atoms with van der Waals surface area (Å²) in [4.78, 5) is 0. The largest absolute Gasteiger partial charge is 0.491 e. The summed E-state index contributed by atoms with van der Waals surface area (Å²) in [7, 11) is 0. The first-order chi connectivity index (χ1) is 13.4. The van der Waals surface area contributed by atoms with Gasteiger partial charge in [0.1, 0.15) is 17.5 Å². The third kappa shape index (κ3) is 3.93. The van der Waals surface area contributed by atoms with Crippen molar-refractivity contribution >= 4 is 6.08 Å². The zero-order valence-corrected chi connectivity index (χ0v) is 15.4. The zero-order chi connectivity index (χ0) is 20.3. The van der Waals surface area contributed by atoms with Crippen LogP contribution in [0.25, 0.3) is 28.3 Å². The second-order valence-corrected chi connectivity index (χ2v) is 6.13. The van der Waals surface area contributed by atoms with Crippen LogP contribution in [0.1, 0.15) is 19.4 Å². The van der Waals surface area contributed by atoms with Gasteiger partial charge in [0.25, 0.3) is 0 Å². The van der Waals surface area contributed by atoms with E-state index in [0.717, 1.165) is 12.1 Å². The van der Waals surface area contributed by atoms with Crippen molar-refractivity contribution in [3.63, 3.8) is 0 Å². The Morgan fingerprint density at radius 3 is 1.93 bits per heavy atom. The van der Waals surface area contributed by atoms with E-state index in [9.17, 15) is 17.6 Å². The van der Waals surface area contributed by atoms with E-state index in [0.29, 0.717) is 17.7 Å². The van der Waals surface area contributed by atoms with Crippen LogP contribution in [-0.4, -0.2) is 6.61 Å². The maximum absolute atomic E-state index is 14.7. The number of hydrogen-bond acceptors (Lipinski definition) is 1. The Balaban J connectivity index is 1.98. The van der Waals surface area contributed by atoms with E-state index in [2.05, 4.69) is 0 Å². The molecule has 5 heteroatoms. The molecule has 1 nitrogen and oxygen atoms in total. The summed E-state index contributed by atoms with van der Waals surface area (Å²) in [5.74, 6) is -2.58. The second kappa shape index (κ2) is 8.30. The van der Waals surface area contributed by atoms with Crippen LogP contribution in [0.4, 0.5) is 17.6 Å². The predicted molar refractivity (Wildman–Crippen MR) is 103 cm³/mol. The summed E-state index contributed by atoms with van der Waals surface area (Å²) in [5.41, 5.74) is 0.903. The zero-order valence-electron chi connectivity index (χ0n) is 15.4. The predicted octanol–water partition coefficient (Wildman–Crippen LogP) is 7.01. The first-order valence-corrected chi connectivity index (χ1v) is 8.79. The molecule has 0 spiro atoms. The molecule has 28 heavy (non-hydrogen) atoms. The fraction of sp³-hybridized carbons (Fsp3) is 0.130. The van der Waals surface area contributed by atoms with Gasteiger partial charge in [-0.3, -0.25) is 0 Å². The van der Waals surface area contributed by atoms with Crippen LogP contribution in [0, 0.1) is 23.3 Å². The van der Waals surface area contributed by atoms with Gasteiger partial charge in [0, 0.05) is 11.1 Å². The molecule has 0 heterocycles. The Kier molecular flexibility index (Phi) is 5.83. The summed E-state index contributed by atoms with van der Waals surface area (Å²) in [6, 6.07) is 10.7.